The zero-order chi connectivity index (χ0) is 18.9. The molecule has 1 fully saturated rings. The number of pyridine rings is 1. The topological polar surface area (TPSA) is 79.4 Å². The van der Waals surface area contributed by atoms with Gasteiger partial charge in [-0.05, 0) is 49.6 Å². The van der Waals surface area contributed by atoms with Crippen molar-refractivity contribution in [3.8, 4) is 0 Å². The van der Waals surface area contributed by atoms with Crippen LogP contribution >= 0.6 is 0 Å². The molecule has 0 aliphatic carbocycles. The highest BCUT2D eigenvalue weighted by atomic mass is 32.2. The van der Waals surface area contributed by atoms with Crippen molar-refractivity contribution in [2.45, 2.75) is 26.3 Å². The lowest BCUT2D eigenvalue weighted by Crippen LogP contribution is -2.33. The predicted octanol–water partition coefficient (Wildman–Crippen LogP) is 2.57. The maximum absolute atomic E-state index is 12.6. The first-order chi connectivity index (χ1) is 12.2. The van der Waals surface area contributed by atoms with Gasteiger partial charge in [0.05, 0.1) is 11.5 Å². The molecule has 0 spiro atoms. The van der Waals surface area contributed by atoms with Gasteiger partial charge in [-0.3, -0.25) is 4.79 Å². The number of nitrogens with zero attached hydrogens (tertiary/aromatic N) is 2. The third kappa shape index (κ3) is 4.04. The number of aromatic nitrogens is 1. The van der Waals surface area contributed by atoms with E-state index in [1.54, 1.807) is 18.3 Å². The first-order valence-electron chi connectivity index (χ1n) is 8.53. The van der Waals surface area contributed by atoms with Crippen molar-refractivity contribution in [3.63, 3.8) is 0 Å². The second kappa shape index (κ2) is 7.07. The molecule has 0 saturated carbocycles. The van der Waals surface area contributed by atoms with Crippen molar-refractivity contribution in [1.82, 2.24) is 4.98 Å². The summed E-state index contributed by atoms with van der Waals surface area (Å²) in [6, 6.07) is 9.15. The average Bonchev–Trinajstić information content (AvgIpc) is 2.97. The van der Waals surface area contributed by atoms with Crippen molar-refractivity contribution in [2.75, 3.05) is 28.8 Å². The van der Waals surface area contributed by atoms with Crippen molar-refractivity contribution in [2.24, 2.45) is 0 Å². The average molecular weight is 373 g/mol. The van der Waals surface area contributed by atoms with E-state index in [1.807, 2.05) is 44.0 Å². The van der Waals surface area contributed by atoms with Crippen molar-refractivity contribution >= 4 is 27.2 Å². The number of hydrogen-bond donors (Lipinski definition) is 1. The van der Waals surface area contributed by atoms with Crippen LogP contribution < -0.4 is 10.2 Å². The highest BCUT2D eigenvalue weighted by Gasteiger charge is 2.31. The summed E-state index contributed by atoms with van der Waals surface area (Å²) in [7, 11) is -1.15. The molecule has 26 heavy (non-hydrogen) atoms. The number of aryl methyl sites for hydroxylation is 2. The van der Waals surface area contributed by atoms with Gasteiger partial charge in [0, 0.05) is 30.5 Å². The van der Waals surface area contributed by atoms with E-state index in [-0.39, 0.29) is 23.5 Å². The Hall–Kier alpha value is -2.41. The quantitative estimate of drug-likeness (QED) is 0.891. The molecule has 1 aliphatic heterocycles. The normalized spacial score (nSPS) is 18.5. The van der Waals surface area contributed by atoms with Crippen LogP contribution in [0.5, 0.6) is 0 Å². The minimum atomic E-state index is -2.97. The number of carbonyl (C=O) groups is 1. The molecule has 0 bridgehead atoms. The molecule has 2 aromatic rings. The molecule has 1 saturated heterocycles. The van der Waals surface area contributed by atoms with E-state index in [1.165, 1.54) is 0 Å². The number of nitrogens with one attached hydrogen (secondary N) is 1. The fourth-order valence-electron chi connectivity index (χ4n) is 3.09. The Kier molecular flexibility index (Phi) is 5.00. The van der Waals surface area contributed by atoms with Gasteiger partial charge in [-0.2, -0.15) is 0 Å². The summed E-state index contributed by atoms with van der Waals surface area (Å²) in [5.41, 5.74) is 3.34. The van der Waals surface area contributed by atoms with Gasteiger partial charge in [0.2, 0.25) is 0 Å². The molecule has 6 nitrogen and oxygen atoms in total. The van der Waals surface area contributed by atoms with Gasteiger partial charge in [-0.15, -0.1) is 0 Å². The fraction of sp³-hybridized carbons (Fsp3) is 0.368. The fourth-order valence-corrected chi connectivity index (χ4v) is 4.86. The Balaban J connectivity index is 1.78. The monoisotopic (exact) mass is 373 g/mol. The van der Waals surface area contributed by atoms with Crippen LogP contribution in [0.15, 0.2) is 36.5 Å². The minimum Gasteiger partial charge on any atom is -0.356 e. The number of rotatable bonds is 4. The van der Waals surface area contributed by atoms with Gasteiger partial charge in [-0.25, -0.2) is 13.4 Å². The predicted molar refractivity (Wildman–Crippen MR) is 104 cm³/mol. The molecule has 2 heterocycles. The smallest absolute Gasteiger partial charge is 0.255 e. The summed E-state index contributed by atoms with van der Waals surface area (Å²) in [6.07, 6.45) is 2.16. The lowest BCUT2D eigenvalue weighted by molar-refractivity contribution is 0.102. The molecule has 3 rings (SSSR count). The molecule has 1 atom stereocenters. The van der Waals surface area contributed by atoms with Crippen LogP contribution in [0.3, 0.4) is 0 Å². The lowest BCUT2D eigenvalue weighted by atomic mass is 10.1. The Labute approximate surface area is 154 Å². The number of amides is 1. The van der Waals surface area contributed by atoms with Gasteiger partial charge < -0.3 is 10.2 Å². The van der Waals surface area contributed by atoms with Crippen LogP contribution in [0.25, 0.3) is 0 Å². The van der Waals surface area contributed by atoms with Crippen molar-refractivity contribution in [3.05, 3.63) is 53.2 Å². The van der Waals surface area contributed by atoms with E-state index in [2.05, 4.69) is 10.3 Å². The maximum Gasteiger partial charge on any atom is 0.255 e. The van der Waals surface area contributed by atoms with Crippen molar-refractivity contribution in [1.29, 1.82) is 0 Å². The largest absolute Gasteiger partial charge is 0.356 e. The van der Waals surface area contributed by atoms with Gasteiger partial charge in [0.1, 0.15) is 5.82 Å². The highest BCUT2D eigenvalue weighted by molar-refractivity contribution is 7.91. The molecular formula is C19H23N3O3S. The Morgan fingerprint density at radius 3 is 2.69 bits per heavy atom. The van der Waals surface area contributed by atoms with E-state index in [4.69, 9.17) is 0 Å². The zero-order valence-corrected chi connectivity index (χ0v) is 16.0. The summed E-state index contributed by atoms with van der Waals surface area (Å²) >= 11 is 0. The minimum absolute atomic E-state index is 0.107. The van der Waals surface area contributed by atoms with Gasteiger partial charge in [0.25, 0.3) is 5.91 Å². The molecule has 1 aliphatic rings. The first-order valence-corrected chi connectivity index (χ1v) is 10.4. The molecule has 1 amide bonds. The SMILES string of the molecule is Cc1ccc(C)c(NC(=O)c2ccnc(N(C)C3CCS(=O)(=O)C3)c2)c1. The maximum atomic E-state index is 12.6. The summed E-state index contributed by atoms with van der Waals surface area (Å²) < 4.78 is 23.4. The molecule has 0 radical (unpaired) electrons. The third-order valence-electron chi connectivity index (χ3n) is 4.77. The van der Waals surface area contributed by atoms with Crippen LogP contribution in [0.4, 0.5) is 11.5 Å². The van der Waals surface area contributed by atoms with Gasteiger partial charge in [-0.1, -0.05) is 12.1 Å². The number of sulfone groups is 1. The number of benzene rings is 1. The second-order valence-electron chi connectivity index (χ2n) is 6.84. The number of anilines is 2. The molecular weight excluding hydrogens is 350 g/mol. The van der Waals surface area contributed by atoms with Crippen LogP contribution in [0.1, 0.15) is 27.9 Å². The highest BCUT2D eigenvalue weighted by Crippen LogP contribution is 2.23. The standard InChI is InChI=1S/C19H23N3O3S/c1-13-4-5-14(2)17(10-13)21-19(23)15-6-8-20-18(11-15)22(3)16-7-9-26(24,25)12-16/h4-6,8,10-11,16H,7,9,12H2,1-3H3,(H,21,23). The number of hydrogen-bond acceptors (Lipinski definition) is 5. The molecule has 1 unspecified atom stereocenters. The van der Waals surface area contributed by atoms with Gasteiger partial charge in [0.15, 0.2) is 9.84 Å². The van der Waals surface area contributed by atoms with Crippen LogP contribution in [0.2, 0.25) is 0 Å². The van der Waals surface area contributed by atoms with E-state index >= 15 is 0 Å². The molecule has 138 valence electrons. The third-order valence-corrected chi connectivity index (χ3v) is 6.52. The molecule has 7 heteroatoms. The van der Waals surface area contributed by atoms with E-state index in [0.717, 1.165) is 16.8 Å². The van der Waals surface area contributed by atoms with E-state index in [0.29, 0.717) is 17.8 Å². The Bertz CT molecular complexity index is 941. The number of carbonyl (C=O) groups excluding carboxylic acids is 1. The zero-order valence-electron chi connectivity index (χ0n) is 15.2. The molecule has 1 aromatic heterocycles. The van der Waals surface area contributed by atoms with Gasteiger partial charge >= 0.3 is 0 Å². The van der Waals surface area contributed by atoms with Crippen molar-refractivity contribution < 1.29 is 13.2 Å². The second-order valence-corrected chi connectivity index (χ2v) is 9.07. The Morgan fingerprint density at radius 1 is 1.23 bits per heavy atom. The van der Waals surface area contributed by atoms with Crippen LogP contribution in [-0.2, 0) is 9.84 Å². The van der Waals surface area contributed by atoms with E-state index in [9.17, 15) is 13.2 Å². The summed E-state index contributed by atoms with van der Waals surface area (Å²) in [6.45, 7) is 3.92. The Morgan fingerprint density at radius 2 is 2.00 bits per heavy atom. The molecule has 1 aromatic carbocycles. The summed E-state index contributed by atoms with van der Waals surface area (Å²) in [4.78, 5) is 18.8. The molecule has 1 N–H and O–H groups in total. The first kappa shape index (κ1) is 18.4. The van der Waals surface area contributed by atoms with E-state index < -0.39 is 9.84 Å². The summed E-state index contributed by atoms with van der Waals surface area (Å²) in [5.74, 6) is 0.717. The van der Waals surface area contributed by atoms with Crippen LogP contribution in [-0.4, -0.2) is 43.9 Å². The summed E-state index contributed by atoms with van der Waals surface area (Å²) in [5, 5.41) is 2.93. The lowest BCUT2D eigenvalue weighted by Gasteiger charge is -2.24. The van der Waals surface area contributed by atoms with Crippen LogP contribution in [0, 0.1) is 13.8 Å².